The maximum atomic E-state index is 11.6. The second kappa shape index (κ2) is 7.70. The SMILES string of the molecule is CCOCCNC(=O)NC[C@H]1CCO[C@@H]1C(C)(C)C. The fraction of sp³-hybridized carbons (Fsp3) is 0.929. The van der Waals surface area contributed by atoms with Crippen molar-refractivity contribution in [3.05, 3.63) is 0 Å². The Morgan fingerprint density at radius 2 is 2.11 bits per heavy atom. The first kappa shape index (κ1) is 16.2. The highest BCUT2D eigenvalue weighted by Gasteiger charge is 2.37. The van der Waals surface area contributed by atoms with Gasteiger partial charge in [0.15, 0.2) is 0 Å². The highest BCUT2D eigenvalue weighted by Crippen LogP contribution is 2.34. The van der Waals surface area contributed by atoms with Gasteiger partial charge in [-0.2, -0.15) is 0 Å². The van der Waals surface area contributed by atoms with Gasteiger partial charge in [-0.25, -0.2) is 4.79 Å². The first-order valence-corrected chi connectivity index (χ1v) is 7.16. The lowest BCUT2D eigenvalue weighted by Crippen LogP contribution is -2.43. The predicted molar refractivity (Wildman–Crippen MR) is 75.2 cm³/mol. The van der Waals surface area contributed by atoms with Crippen LogP contribution in [0.4, 0.5) is 4.79 Å². The Labute approximate surface area is 116 Å². The lowest BCUT2D eigenvalue weighted by atomic mass is 9.81. The summed E-state index contributed by atoms with van der Waals surface area (Å²) in [7, 11) is 0. The van der Waals surface area contributed by atoms with Gasteiger partial charge in [-0.05, 0) is 18.8 Å². The van der Waals surface area contributed by atoms with Gasteiger partial charge in [0, 0.05) is 32.2 Å². The first-order chi connectivity index (χ1) is 8.95. The van der Waals surface area contributed by atoms with Crippen molar-refractivity contribution in [1.29, 1.82) is 0 Å². The van der Waals surface area contributed by atoms with E-state index in [9.17, 15) is 4.79 Å². The second-order valence-electron chi connectivity index (χ2n) is 6.04. The van der Waals surface area contributed by atoms with Crippen LogP contribution in [0.2, 0.25) is 0 Å². The van der Waals surface area contributed by atoms with Gasteiger partial charge in [-0.15, -0.1) is 0 Å². The molecule has 1 aliphatic rings. The minimum Gasteiger partial charge on any atom is -0.380 e. The van der Waals surface area contributed by atoms with Crippen LogP contribution in [0.5, 0.6) is 0 Å². The van der Waals surface area contributed by atoms with E-state index in [0.29, 0.717) is 32.2 Å². The fourth-order valence-corrected chi connectivity index (χ4v) is 2.47. The summed E-state index contributed by atoms with van der Waals surface area (Å²) in [5, 5.41) is 5.70. The molecule has 1 saturated heterocycles. The van der Waals surface area contributed by atoms with Gasteiger partial charge in [0.25, 0.3) is 0 Å². The number of carbonyl (C=O) groups is 1. The molecule has 0 aromatic heterocycles. The van der Waals surface area contributed by atoms with E-state index >= 15 is 0 Å². The molecule has 2 atom stereocenters. The van der Waals surface area contributed by atoms with Gasteiger partial charge >= 0.3 is 6.03 Å². The topological polar surface area (TPSA) is 59.6 Å². The Hall–Kier alpha value is -0.810. The molecule has 2 amide bonds. The third-order valence-electron chi connectivity index (χ3n) is 3.33. The predicted octanol–water partition coefficient (Wildman–Crippen LogP) is 1.77. The standard InChI is InChI=1S/C14H28N2O3/c1-5-18-9-7-15-13(17)16-10-11-6-8-19-12(11)14(2,3)4/h11-12H,5-10H2,1-4H3,(H2,15,16,17)/t11-,12+/m1/s1. The molecule has 0 aromatic carbocycles. The molecule has 1 rings (SSSR count). The Bertz CT molecular complexity index is 276. The highest BCUT2D eigenvalue weighted by molar-refractivity contribution is 5.73. The molecule has 19 heavy (non-hydrogen) atoms. The van der Waals surface area contributed by atoms with Crippen LogP contribution in [-0.4, -0.2) is 45.0 Å². The Balaban J connectivity index is 2.22. The van der Waals surface area contributed by atoms with Crippen LogP contribution in [0.25, 0.3) is 0 Å². The lowest BCUT2D eigenvalue weighted by molar-refractivity contribution is 0.00774. The molecule has 5 nitrogen and oxygen atoms in total. The highest BCUT2D eigenvalue weighted by atomic mass is 16.5. The summed E-state index contributed by atoms with van der Waals surface area (Å²) in [6.07, 6.45) is 1.23. The molecule has 1 heterocycles. The average Bonchev–Trinajstić information content (AvgIpc) is 2.80. The Kier molecular flexibility index (Phi) is 6.58. The molecular weight excluding hydrogens is 244 g/mol. The quantitative estimate of drug-likeness (QED) is 0.725. The zero-order chi connectivity index (χ0) is 14.3. The molecule has 0 aliphatic carbocycles. The smallest absolute Gasteiger partial charge is 0.314 e. The molecular formula is C14H28N2O3. The number of hydrogen-bond donors (Lipinski definition) is 2. The molecule has 0 spiro atoms. The zero-order valence-electron chi connectivity index (χ0n) is 12.6. The van der Waals surface area contributed by atoms with Gasteiger partial charge in [-0.1, -0.05) is 20.8 Å². The summed E-state index contributed by atoms with van der Waals surface area (Å²) in [5.41, 5.74) is 0.119. The third kappa shape index (κ3) is 5.78. The fourth-order valence-electron chi connectivity index (χ4n) is 2.47. The summed E-state index contributed by atoms with van der Waals surface area (Å²) in [5.74, 6) is 0.401. The van der Waals surface area contributed by atoms with Crippen LogP contribution in [0, 0.1) is 11.3 Å². The van der Waals surface area contributed by atoms with Crippen LogP contribution >= 0.6 is 0 Å². The third-order valence-corrected chi connectivity index (χ3v) is 3.33. The number of urea groups is 1. The number of ether oxygens (including phenoxy) is 2. The van der Waals surface area contributed by atoms with Crippen LogP contribution < -0.4 is 10.6 Å². The van der Waals surface area contributed by atoms with Crippen molar-refractivity contribution in [2.24, 2.45) is 11.3 Å². The van der Waals surface area contributed by atoms with Gasteiger partial charge < -0.3 is 20.1 Å². The van der Waals surface area contributed by atoms with Gasteiger partial charge in [0.1, 0.15) is 0 Å². The summed E-state index contributed by atoms with van der Waals surface area (Å²) in [6.45, 7) is 11.7. The van der Waals surface area contributed by atoms with Crippen molar-refractivity contribution in [1.82, 2.24) is 10.6 Å². The Morgan fingerprint density at radius 3 is 2.74 bits per heavy atom. The molecule has 2 N–H and O–H groups in total. The minimum atomic E-state index is -0.126. The van der Waals surface area contributed by atoms with E-state index < -0.39 is 0 Å². The van der Waals surface area contributed by atoms with E-state index in [1.807, 2.05) is 6.92 Å². The molecule has 0 bridgehead atoms. The molecule has 1 fully saturated rings. The monoisotopic (exact) mass is 272 g/mol. The van der Waals surface area contributed by atoms with Gasteiger partial charge in [0.2, 0.25) is 0 Å². The average molecular weight is 272 g/mol. The van der Waals surface area contributed by atoms with Gasteiger partial charge in [0.05, 0.1) is 12.7 Å². The van der Waals surface area contributed by atoms with E-state index in [-0.39, 0.29) is 17.6 Å². The van der Waals surface area contributed by atoms with Crippen molar-refractivity contribution in [3.8, 4) is 0 Å². The molecule has 1 aliphatic heterocycles. The van der Waals surface area contributed by atoms with Gasteiger partial charge in [-0.3, -0.25) is 0 Å². The number of nitrogens with one attached hydrogen (secondary N) is 2. The summed E-state index contributed by atoms with van der Waals surface area (Å²) in [4.78, 5) is 11.6. The van der Waals surface area contributed by atoms with E-state index in [4.69, 9.17) is 9.47 Å². The molecule has 5 heteroatoms. The maximum Gasteiger partial charge on any atom is 0.314 e. The van der Waals surface area contributed by atoms with Crippen LogP contribution in [0.3, 0.4) is 0 Å². The van der Waals surface area contributed by atoms with Crippen molar-refractivity contribution in [2.45, 2.75) is 40.2 Å². The van der Waals surface area contributed by atoms with E-state index in [1.165, 1.54) is 0 Å². The zero-order valence-corrected chi connectivity index (χ0v) is 12.6. The van der Waals surface area contributed by atoms with E-state index in [0.717, 1.165) is 13.0 Å². The van der Waals surface area contributed by atoms with Crippen LogP contribution in [0.1, 0.15) is 34.1 Å². The molecule has 0 saturated carbocycles. The number of amides is 2. The van der Waals surface area contributed by atoms with Crippen LogP contribution in [-0.2, 0) is 9.47 Å². The first-order valence-electron chi connectivity index (χ1n) is 7.16. The summed E-state index contributed by atoms with van der Waals surface area (Å²) < 4.78 is 10.9. The molecule has 112 valence electrons. The largest absolute Gasteiger partial charge is 0.380 e. The molecule has 0 radical (unpaired) electrons. The molecule has 0 unspecified atom stereocenters. The Morgan fingerprint density at radius 1 is 1.37 bits per heavy atom. The summed E-state index contributed by atoms with van der Waals surface area (Å²) >= 11 is 0. The summed E-state index contributed by atoms with van der Waals surface area (Å²) in [6, 6.07) is -0.126. The van der Waals surface area contributed by atoms with Crippen molar-refractivity contribution >= 4 is 6.03 Å². The number of carbonyl (C=O) groups excluding carboxylic acids is 1. The number of rotatable bonds is 6. The second-order valence-corrected chi connectivity index (χ2v) is 6.04. The maximum absolute atomic E-state index is 11.6. The lowest BCUT2D eigenvalue weighted by Gasteiger charge is -2.31. The normalized spacial score (nSPS) is 23.4. The van der Waals surface area contributed by atoms with Crippen LogP contribution in [0.15, 0.2) is 0 Å². The van der Waals surface area contributed by atoms with Crippen molar-refractivity contribution in [3.63, 3.8) is 0 Å². The molecule has 0 aromatic rings. The van der Waals surface area contributed by atoms with E-state index in [2.05, 4.69) is 31.4 Å². The van der Waals surface area contributed by atoms with Crippen molar-refractivity contribution < 1.29 is 14.3 Å². The number of hydrogen-bond acceptors (Lipinski definition) is 3. The van der Waals surface area contributed by atoms with Crippen molar-refractivity contribution in [2.75, 3.05) is 32.9 Å². The minimum absolute atomic E-state index is 0.119. The van der Waals surface area contributed by atoms with E-state index in [1.54, 1.807) is 0 Å².